The Morgan fingerprint density at radius 3 is 3.12 bits per heavy atom. The van der Waals surface area contributed by atoms with Gasteiger partial charge in [0.05, 0.1) is 25.4 Å². The average Bonchev–Trinajstić information content (AvgIpc) is 2.71. The van der Waals surface area contributed by atoms with Gasteiger partial charge >= 0.3 is 6.03 Å². The van der Waals surface area contributed by atoms with Crippen LogP contribution in [0.3, 0.4) is 0 Å². The molecule has 2 unspecified atom stereocenters. The zero-order valence-corrected chi connectivity index (χ0v) is 10.3. The van der Waals surface area contributed by atoms with E-state index in [1.807, 2.05) is 6.92 Å². The van der Waals surface area contributed by atoms with Crippen LogP contribution in [0.5, 0.6) is 0 Å². The highest BCUT2D eigenvalue weighted by Gasteiger charge is 2.20. The van der Waals surface area contributed by atoms with Gasteiger partial charge in [-0.15, -0.1) is 0 Å². The largest absolute Gasteiger partial charge is 0.377 e. The predicted octanol–water partition coefficient (Wildman–Crippen LogP) is -0.595. The number of carbonyl (C=O) groups excluding carboxylic acids is 1. The van der Waals surface area contributed by atoms with Crippen LogP contribution in [0, 0.1) is 0 Å². The molecule has 2 saturated heterocycles. The fourth-order valence-electron chi connectivity index (χ4n) is 2.08. The van der Waals surface area contributed by atoms with E-state index in [9.17, 15) is 4.79 Å². The van der Waals surface area contributed by atoms with Crippen LogP contribution in [0.1, 0.15) is 6.92 Å². The van der Waals surface area contributed by atoms with Crippen LogP contribution in [-0.4, -0.2) is 69.1 Å². The lowest BCUT2D eigenvalue weighted by Crippen LogP contribution is -2.45. The van der Waals surface area contributed by atoms with Crippen molar-refractivity contribution in [2.75, 3.05) is 45.9 Å². The molecule has 17 heavy (non-hydrogen) atoms. The standard InChI is InChI=1S/C11H21N3O3/c1-9-6-12-7-10(17-9)8-16-5-4-14-3-2-13-11(14)15/h9-10,12H,2-8H2,1H3,(H,13,15). The molecular formula is C11H21N3O3. The maximum Gasteiger partial charge on any atom is 0.317 e. The highest BCUT2D eigenvalue weighted by atomic mass is 16.5. The number of rotatable bonds is 5. The molecule has 0 radical (unpaired) electrons. The predicted molar refractivity (Wildman–Crippen MR) is 63.0 cm³/mol. The van der Waals surface area contributed by atoms with Crippen molar-refractivity contribution in [1.82, 2.24) is 15.5 Å². The van der Waals surface area contributed by atoms with Crippen LogP contribution in [0.4, 0.5) is 4.79 Å². The maximum absolute atomic E-state index is 11.2. The van der Waals surface area contributed by atoms with E-state index in [-0.39, 0.29) is 18.2 Å². The summed E-state index contributed by atoms with van der Waals surface area (Å²) in [6.07, 6.45) is 0.382. The third kappa shape index (κ3) is 3.83. The number of nitrogens with zero attached hydrogens (tertiary/aromatic N) is 1. The molecule has 2 fully saturated rings. The second-order valence-corrected chi connectivity index (χ2v) is 4.52. The molecule has 0 spiro atoms. The Kier molecular flexibility index (Phi) is 4.58. The van der Waals surface area contributed by atoms with Gasteiger partial charge in [-0.05, 0) is 6.92 Å². The Morgan fingerprint density at radius 2 is 2.41 bits per heavy atom. The van der Waals surface area contributed by atoms with Gasteiger partial charge in [-0.25, -0.2) is 4.79 Å². The minimum absolute atomic E-state index is 0.0119. The van der Waals surface area contributed by atoms with Crippen molar-refractivity contribution in [1.29, 1.82) is 0 Å². The fraction of sp³-hybridized carbons (Fsp3) is 0.909. The van der Waals surface area contributed by atoms with E-state index in [0.717, 1.165) is 26.2 Å². The Balaban J connectivity index is 1.55. The smallest absolute Gasteiger partial charge is 0.317 e. The van der Waals surface area contributed by atoms with Gasteiger partial charge in [-0.1, -0.05) is 0 Å². The number of carbonyl (C=O) groups is 1. The molecule has 98 valence electrons. The van der Waals surface area contributed by atoms with Crippen molar-refractivity contribution >= 4 is 6.03 Å². The van der Waals surface area contributed by atoms with Crippen molar-refractivity contribution in [3.8, 4) is 0 Å². The zero-order valence-electron chi connectivity index (χ0n) is 10.3. The molecule has 0 aromatic heterocycles. The normalized spacial score (nSPS) is 29.5. The van der Waals surface area contributed by atoms with Crippen molar-refractivity contribution in [2.45, 2.75) is 19.1 Å². The summed E-state index contributed by atoms with van der Waals surface area (Å²) in [5.41, 5.74) is 0. The Labute approximate surface area is 102 Å². The van der Waals surface area contributed by atoms with Gasteiger partial charge in [0, 0.05) is 32.7 Å². The number of hydrogen-bond acceptors (Lipinski definition) is 4. The van der Waals surface area contributed by atoms with E-state index in [1.165, 1.54) is 0 Å². The van der Waals surface area contributed by atoms with Gasteiger partial charge in [-0.2, -0.15) is 0 Å². The molecule has 0 aliphatic carbocycles. The topological polar surface area (TPSA) is 62.8 Å². The zero-order chi connectivity index (χ0) is 12.1. The van der Waals surface area contributed by atoms with Gasteiger partial charge in [0.2, 0.25) is 0 Å². The average molecular weight is 243 g/mol. The first kappa shape index (κ1) is 12.6. The van der Waals surface area contributed by atoms with Crippen molar-refractivity contribution in [3.63, 3.8) is 0 Å². The number of morpholine rings is 1. The van der Waals surface area contributed by atoms with Gasteiger partial charge < -0.3 is 25.0 Å². The molecule has 6 heteroatoms. The number of ether oxygens (including phenoxy) is 2. The monoisotopic (exact) mass is 243 g/mol. The Bertz CT molecular complexity index is 262. The lowest BCUT2D eigenvalue weighted by atomic mass is 10.2. The van der Waals surface area contributed by atoms with Crippen LogP contribution < -0.4 is 10.6 Å². The van der Waals surface area contributed by atoms with E-state index in [1.54, 1.807) is 4.90 Å². The van der Waals surface area contributed by atoms with Crippen molar-refractivity contribution in [3.05, 3.63) is 0 Å². The minimum Gasteiger partial charge on any atom is -0.377 e. The molecule has 2 amide bonds. The molecule has 2 aliphatic rings. The SMILES string of the molecule is CC1CNCC(COCCN2CCNC2=O)O1. The van der Waals surface area contributed by atoms with Crippen LogP contribution in [0.15, 0.2) is 0 Å². The number of hydrogen-bond donors (Lipinski definition) is 2. The van der Waals surface area contributed by atoms with Gasteiger partial charge in [0.25, 0.3) is 0 Å². The molecule has 2 aliphatic heterocycles. The third-order valence-corrected chi connectivity index (χ3v) is 2.98. The fourth-order valence-corrected chi connectivity index (χ4v) is 2.08. The van der Waals surface area contributed by atoms with Gasteiger partial charge in [0.15, 0.2) is 0 Å². The van der Waals surface area contributed by atoms with Crippen LogP contribution in [0.2, 0.25) is 0 Å². The van der Waals surface area contributed by atoms with Crippen molar-refractivity contribution < 1.29 is 14.3 Å². The first-order chi connectivity index (χ1) is 8.25. The molecule has 2 heterocycles. The van der Waals surface area contributed by atoms with Crippen LogP contribution >= 0.6 is 0 Å². The van der Waals surface area contributed by atoms with Crippen molar-refractivity contribution in [2.24, 2.45) is 0 Å². The highest BCUT2D eigenvalue weighted by molar-refractivity contribution is 5.76. The van der Waals surface area contributed by atoms with Gasteiger partial charge in [-0.3, -0.25) is 0 Å². The molecule has 0 aromatic carbocycles. The lowest BCUT2D eigenvalue weighted by Gasteiger charge is -2.28. The maximum atomic E-state index is 11.2. The summed E-state index contributed by atoms with van der Waals surface area (Å²) in [6, 6.07) is 0.0119. The first-order valence-corrected chi connectivity index (χ1v) is 6.22. The summed E-state index contributed by atoms with van der Waals surface area (Å²) in [7, 11) is 0. The van der Waals surface area contributed by atoms with E-state index in [2.05, 4.69) is 10.6 Å². The summed E-state index contributed by atoms with van der Waals surface area (Å²) in [5.74, 6) is 0. The quantitative estimate of drug-likeness (QED) is 0.633. The van der Waals surface area contributed by atoms with E-state index >= 15 is 0 Å². The van der Waals surface area contributed by atoms with Crippen LogP contribution in [-0.2, 0) is 9.47 Å². The summed E-state index contributed by atoms with van der Waals surface area (Å²) in [5, 5.41) is 6.06. The molecule has 2 rings (SSSR count). The van der Waals surface area contributed by atoms with E-state index in [4.69, 9.17) is 9.47 Å². The molecule has 6 nitrogen and oxygen atoms in total. The van der Waals surface area contributed by atoms with Crippen LogP contribution in [0.25, 0.3) is 0 Å². The van der Waals surface area contributed by atoms with E-state index in [0.29, 0.717) is 19.8 Å². The number of nitrogens with one attached hydrogen (secondary N) is 2. The highest BCUT2D eigenvalue weighted by Crippen LogP contribution is 2.03. The molecule has 2 N–H and O–H groups in total. The lowest BCUT2D eigenvalue weighted by molar-refractivity contribution is -0.0692. The Morgan fingerprint density at radius 1 is 1.53 bits per heavy atom. The molecule has 2 atom stereocenters. The Hall–Kier alpha value is -0.850. The second kappa shape index (κ2) is 6.18. The molecular weight excluding hydrogens is 222 g/mol. The number of urea groups is 1. The number of amides is 2. The molecule has 0 saturated carbocycles. The first-order valence-electron chi connectivity index (χ1n) is 6.22. The second-order valence-electron chi connectivity index (χ2n) is 4.52. The van der Waals surface area contributed by atoms with Gasteiger partial charge in [0.1, 0.15) is 0 Å². The molecule has 0 bridgehead atoms. The third-order valence-electron chi connectivity index (χ3n) is 2.98. The summed E-state index contributed by atoms with van der Waals surface area (Å²) < 4.78 is 11.2. The summed E-state index contributed by atoms with van der Waals surface area (Å²) in [6.45, 7) is 7.13. The van der Waals surface area contributed by atoms with E-state index < -0.39 is 0 Å². The minimum atomic E-state index is 0.0119. The summed E-state index contributed by atoms with van der Waals surface area (Å²) in [4.78, 5) is 13.0. The molecule has 0 aromatic rings. The summed E-state index contributed by atoms with van der Waals surface area (Å²) >= 11 is 0.